The van der Waals surface area contributed by atoms with Crippen molar-refractivity contribution in [3.63, 3.8) is 0 Å². The molecule has 1 aromatic carbocycles. The first-order valence-electron chi connectivity index (χ1n) is 9.95. The lowest BCUT2D eigenvalue weighted by molar-refractivity contribution is -0.384. The standard InChI is InChI=1S/C20H28N2O6/c1-26-20(23)15-7-5-14(6-8-15)13-21-17-12-16(9-10-18(17)22(24)25)28-19-4-2-3-11-27-19/h9-10,12,14-15,19,21H,2-8,11,13H2,1H3/t14-,15-,19?. The molecule has 2 fully saturated rings. The molecular weight excluding hydrogens is 364 g/mol. The maximum absolute atomic E-state index is 11.6. The second kappa shape index (κ2) is 9.73. The van der Waals surface area contributed by atoms with Crippen molar-refractivity contribution in [3.05, 3.63) is 28.3 Å². The molecule has 8 nitrogen and oxygen atoms in total. The van der Waals surface area contributed by atoms with E-state index in [-0.39, 0.29) is 23.9 Å². The predicted molar refractivity (Wildman–Crippen MR) is 103 cm³/mol. The Morgan fingerprint density at radius 1 is 1.25 bits per heavy atom. The molecule has 1 aromatic rings. The van der Waals surface area contributed by atoms with Crippen LogP contribution in [0.3, 0.4) is 0 Å². The van der Waals surface area contributed by atoms with Crippen molar-refractivity contribution in [3.8, 4) is 5.75 Å². The number of benzene rings is 1. The van der Waals surface area contributed by atoms with E-state index in [1.54, 1.807) is 12.1 Å². The zero-order valence-electron chi connectivity index (χ0n) is 16.2. The molecule has 1 atom stereocenters. The predicted octanol–water partition coefficient (Wildman–Crippen LogP) is 3.89. The number of nitrogens with zero attached hydrogens (tertiary/aromatic N) is 1. The smallest absolute Gasteiger partial charge is 0.308 e. The fraction of sp³-hybridized carbons (Fsp3) is 0.650. The molecule has 1 saturated heterocycles. The van der Waals surface area contributed by atoms with Crippen LogP contribution in [0.25, 0.3) is 0 Å². The summed E-state index contributed by atoms with van der Waals surface area (Å²) in [6.07, 6.45) is 5.99. The highest BCUT2D eigenvalue weighted by Gasteiger charge is 2.27. The number of rotatable bonds is 7. The average molecular weight is 392 g/mol. The third-order valence-corrected chi connectivity index (χ3v) is 5.53. The minimum Gasteiger partial charge on any atom is -0.469 e. The second-order valence-corrected chi connectivity index (χ2v) is 7.47. The number of methoxy groups -OCH3 is 1. The Morgan fingerprint density at radius 3 is 2.68 bits per heavy atom. The molecule has 1 aliphatic heterocycles. The highest BCUT2D eigenvalue weighted by atomic mass is 16.7. The molecule has 28 heavy (non-hydrogen) atoms. The SMILES string of the molecule is COC(=O)[C@H]1CC[C@H](CNc2cc(OC3CCCCO3)ccc2[N+](=O)[O-])CC1. The van der Waals surface area contributed by atoms with Crippen LogP contribution in [0.2, 0.25) is 0 Å². The van der Waals surface area contributed by atoms with E-state index in [4.69, 9.17) is 14.2 Å². The van der Waals surface area contributed by atoms with Gasteiger partial charge in [-0.15, -0.1) is 0 Å². The van der Waals surface area contributed by atoms with Crippen LogP contribution >= 0.6 is 0 Å². The van der Waals surface area contributed by atoms with Crippen LogP contribution in [0.15, 0.2) is 18.2 Å². The average Bonchev–Trinajstić information content (AvgIpc) is 2.72. The van der Waals surface area contributed by atoms with Gasteiger partial charge in [-0.1, -0.05) is 0 Å². The monoisotopic (exact) mass is 392 g/mol. The Kier molecular flexibility index (Phi) is 7.08. The third-order valence-electron chi connectivity index (χ3n) is 5.53. The summed E-state index contributed by atoms with van der Waals surface area (Å²) < 4.78 is 16.2. The topological polar surface area (TPSA) is 99.9 Å². The molecule has 1 N–H and O–H groups in total. The second-order valence-electron chi connectivity index (χ2n) is 7.47. The van der Waals surface area contributed by atoms with Gasteiger partial charge < -0.3 is 19.5 Å². The largest absolute Gasteiger partial charge is 0.469 e. The Balaban J connectivity index is 1.59. The van der Waals surface area contributed by atoms with Gasteiger partial charge in [0.1, 0.15) is 11.4 Å². The molecule has 0 spiro atoms. The van der Waals surface area contributed by atoms with Gasteiger partial charge >= 0.3 is 5.97 Å². The summed E-state index contributed by atoms with van der Waals surface area (Å²) in [5, 5.41) is 14.6. The number of nitrogens with one attached hydrogen (secondary N) is 1. The van der Waals surface area contributed by atoms with Crippen molar-refractivity contribution >= 4 is 17.3 Å². The number of hydrogen-bond donors (Lipinski definition) is 1. The van der Waals surface area contributed by atoms with E-state index >= 15 is 0 Å². The molecule has 1 unspecified atom stereocenters. The van der Waals surface area contributed by atoms with Crippen LogP contribution in [-0.4, -0.2) is 37.4 Å². The van der Waals surface area contributed by atoms with Crippen LogP contribution < -0.4 is 10.1 Å². The first-order chi connectivity index (χ1) is 13.6. The molecule has 8 heteroatoms. The number of carbonyl (C=O) groups is 1. The van der Waals surface area contributed by atoms with E-state index in [1.165, 1.54) is 13.2 Å². The first-order valence-corrected chi connectivity index (χ1v) is 9.95. The van der Waals surface area contributed by atoms with Crippen molar-refractivity contribution < 1.29 is 23.9 Å². The number of anilines is 1. The lowest BCUT2D eigenvalue weighted by Crippen LogP contribution is -2.26. The van der Waals surface area contributed by atoms with Gasteiger partial charge in [0, 0.05) is 25.1 Å². The summed E-state index contributed by atoms with van der Waals surface area (Å²) >= 11 is 0. The number of carbonyl (C=O) groups excluding carboxylic acids is 1. The molecule has 0 bridgehead atoms. The molecule has 0 radical (unpaired) electrons. The Bertz CT molecular complexity index is 681. The zero-order chi connectivity index (χ0) is 19.9. The molecular formula is C20H28N2O6. The van der Waals surface area contributed by atoms with Crippen LogP contribution in [-0.2, 0) is 14.3 Å². The van der Waals surface area contributed by atoms with Crippen molar-refractivity contribution in [1.29, 1.82) is 0 Å². The summed E-state index contributed by atoms with van der Waals surface area (Å²) in [6, 6.07) is 4.76. The van der Waals surface area contributed by atoms with Crippen LogP contribution in [0, 0.1) is 22.0 Å². The van der Waals surface area contributed by atoms with E-state index in [1.807, 2.05) is 0 Å². The van der Waals surface area contributed by atoms with Crippen molar-refractivity contribution in [2.45, 2.75) is 51.2 Å². The first kappa shape index (κ1) is 20.4. The number of ether oxygens (including phenoxy) is 3. The lowest BCUT2D eigenvalue weighted by Gasteiger charge is -2.27. The zero-order valence-corrected chi connectivity index (χ0v) is 16.2. The molecule has 0 aromatic heterocycles. The van der Waals surface area contributed by atoms with Gasteiger partial charge in [-0.05, 0) is 50.5 Å². The highest BCUT2D eigenvalue weighted by Crippen LogP contribution is 2.33. The third kappa shape index (κ3) is 5.34. The van der Waals surface area contributed by atoms with Crippen LogP contribution in [0.1, 0.15) is 44.9 Å². The Labute approximate surface area is 164 Å². The fourth-order valence-corrected chi connectivity index (χ4v) is 3.87. The summed E-state index contributed by atoms with van der Waals surface area (Å²) in [4.78, 5) is 22.6. The minimum absolute atomic E-state index is 0.0252. The van der Waals surface area contributed by atoms with Gasteiger partial charge in [0.25, 0.3) is 5.69 Å². The molecule has 1 saturated carbocycles. The van der Waals surface area contributed by atoms with Crippen LogP contribution in [0.5, 0.6) is 5.75 Å². The van der Waals surface area contributed by atoms with Crippen molar-refractivity contribution in [2.24, 2.45) is 11.8 Å². The van der Waals surface area contributed by atoms with Gasteiger partial charge in [-0.2, -0.15) is 0 Å². The lowest BCUT2D eigenvalue weighted by atomic mass is 9.82. The van der Waals surface area contributed by atoms with Gasteiger partial charge in [0.15, 0.2) is 6.29 Å². The Hall–Kier alpha value is -2.35. The summed E-state index contributed by atoms with van der Waals surface area (Å²) in [6.45, 7) is 1.30. The van der Waals surface area contributed by atoms with Crippen LogP contribution in [0.4, 0.5) is 11.4 Å². The highest BCUT2D eigenvalue weighted by molar-refractivity contribution is 5.72. The van der Waals surface area contributed by atoms with Crippen molar-refractivity contribution in [2.75, 3.05) is 25.6 Å². The molecule has 1 aliphatic carbocycles. The molecule has 3 rings (SSSR count). The van der Waals surface area contributed by atoms with E-state index < -0.39 is 4.92 Å². The van der Waals surface area contributed by atoms with Gasteiger partial charge in [0.2, 0.25) is 0 Å². The summed E-state index contributed by atoms with van der Waals surface area (Å²) in [5.74, 6) is 0.765. The van der Waals surface area contributed by atoms with E-state index in [9.17, 15) is 14.9 Å². The minimum atomic E-state index is -0.391. The van der Waals surface area contributed by atoms with E-state index in [2.05, 4.69) is 5.32 Å². The number of nitro benzene ring substituents is 1. The number of esters is 1. The maximum Gasteiger partial charge on any atom is 0.308 e. The number of hydrogen-bond acceptors (Lipinski definition) is 7. The Morgan fingerprint density at radius 2 is 2.04 bits per heavy atom. The fourth-order valence-electron chi connectivity index (χ4n) is 3.87. The molecule has 0 amide bonds. The number of nitro groups is 1. The van der Waals surface area contributed by atoms with Crippen molar-refractivity contribution in [1.82, 2.24) is 0 Å². The maximum atomic E-state index is 11.6. The molecule has 1 heterocycles. The van der Waals surface area contributed by atoms with Gasteiger partial charge in [0.05, 0.1) is 24.6 Å². The van der Waals surface area contributed by atoms with Gasteiger partial charge in [-0.25, -0.2) is 0 Å². The summed E-state index contributed by atoms with van der Waals surface area (Å²) in [5.41, 5.74) is 0.480. The quantitative estimate of drug-likeness (QED) is 0.427. The van der Waals surface area contributed by atoms with Gasteiger partial charge in [-0.3, -0.25) is 14.9 Å². The molecule has 154 valence electrons. The normalized spacial score (nSPS) is 25.0. The summed E-state index contributed by atoms with van der Waals surface area (Å²) in [7, 11) is 1.42. The van der Waals surface area contributed by atoms with E-state index in [0.717, 1.165) is 44.9 Å². The molecule has 2 aliphatic rings. The van der Waals surface area contributed by atoms with E-state index in [0.29, 0.717) is 30.5 Å².